The van der Waals surface area contributed by atoms with Crippen LogP contribution in [0.1, 0.15) is 28.4 Å². The molecule has 1 aromatic rings. The largest absolute Gasteiger partial charge is 0.379 e. The number of rotatable bonds is 3. The van der Waals surface area contributed by atoms with Gasteiger partial charge in [0.15, 0.2) is 5.78 Å². The molecule has 1 fully saturated rings. The first kappa shape index (κ1) is 13.2. The fourth-order valence-electron chi connectivity index (χ4n) is 2.36. The Labute approximate surface area is 109 Å². The van der Waals surface area contributed by atoms with Crippen LogP contribution >= 0.6 is 0 Å². The van der Waals surface area contributed by atoms with Gasteiger partial charge in [-0.2, -0.15) is 0 Å². The van der Waals surface area contributed by atoms with Gasteiger partial charge < -0.3 is 4.74 Å². The first-order chi connectivity index (χ1) is 8.59. The van der Waals surface area contributed by atoms with Crippen LogP contribution in [-0.4, -0.2) is 43.0 Å². The quantitative estimate of drug-likeness (QED) is 0.767. The van der Waals surface area contributed by atoms with E-state index in [1.807, 2.05) is 39.0 Å². The third kappa shape index (κ3) is 2.79. The van der Waals surface area contributed by atoms with E-state index in [4.69, 9.17) is 4.74 Å². The number of nitrogens with zero attached hydrogens (tertiary/aromatic N) is 1. The maximum Gasteiger partial charge on any atom is 0.179 e. The molecule has 0 aromatic heterocycles. The Kier molecular flexibility index (Phi) is 4.15. The Balaban J connectivity index is 2.16. The van der Waals surface area contributed by atoms with Crippen LogP contribution in [0.2, 0.25) is 0 Å². The molecule has 3 nitrogen and oxygen atoms in total. The van der Waals surface area contributed by atoms with Crippen molar-refractivity contribution in [2.75, 3.05) is 26.3 Å². The van der Waals surface area contributed by atoms with Gasteiger partial charge in [0, 0.05) is 18.7 Å². The van der Waals surface area contributed by atoms with Crippen molar-refractivity contribution in [1.82, 2.24) is 4.90 Å². The molecule has 2 rings (SSSR count). The summed E-state index contributed by atoms with van der Waals surface area (Å²) in [4.78, 5) is 14.7. The number of ketones is 1. The lowest BCUT2D eigenvalue weighted by atomic mass is 9.97. The Morgan fingerprint density at radius 2 is 1.94 bits per heavy atom. The molecule has 1 heterocycles. The number of hydrogen-bond acceptors (Lipinski definition) is 3. The summed E-state index contributed by atoms with van der Waals surface area (Å²) in [6, 6.07) is 6.00. The van der Waals surface area contributed by atoms with E-state index >= 15 is 0 Å². The fraction of sp³-hybridized carbons (Fsp3) is 0.533. The molecule has 0 spiro atoms. The standard InChI is InChI=1S/C15H21NO2/c1-11-4-5-12(2)14(10-11)15(17)13(3)16-6-8-18-9-7-16/h4-5,10,13H,6-9H2,1-3H3. The molecule has 3 heteroatoms. The van der Waals surface area contributed by atoms with Crippen molar-refractivity contribution in [2.45, 2.75) is 26.8 Å². The molecule has 1 unspecified atom stereocenters. The van der Waals surface area contributed by atoms with E-state index in [1.54, 1.807) is 0 Å². The predicted molar refractivity (Wildman–Crippen MR) is 72.1 cm³/mol. The van der Waals surface area contributed by atoms with E-state index in [2.05, 4.69) is 4.90 Å². The van der Waals surface area contributed by atoms with Gasteiger partial charge in [-0.05, 0) is 32.4 Å². The van der Waals surface area contributed by atoms with Crippen LogP contribution in [-0.2, 0) is 4.74 Å². The highest BCUT2D eigenvalue weighted by Gasteiger charge is 2.24. The van der Waals surface area contributed by atoms with Gasteiger partial charge in [-0.25, -0.2) is 0 Å². The second-order valence-corrected chi connectivity index (χ2v) is 5.01. The van der Waals surface area contributed by atoms with Crippen molar-refractivity contribution in [3.8, 4) is 0 Å². The van der Waals surface area contributed by atoms with Gasteiger partial charge in [-0.15, -0.1) is 0 Å². The summed E-state index contributed by atoms with van der Waals surface area (Å²) < 4.78 is 5.33. The summed E-state index contributed by atoms with van der Waals surface area (Å²) in [7, 11) is 0. The smallest absolute Gasteiger partial charge is 0.179 e. The van der Waals surface area contributed by atoms with Crippen molar-refractivity contribution in [2.24, 2.45) is 0 Å². The lowest BCUT2D eigenvalue weighted by Crippen LogP contribution is -2.45. The van der Waals surface area contributed by atoms with E-state index in [0.717, 1.165) is 43.0 Å². The monoisotopic (exact) mass is 247 g/mol. The van der Waals surface area contributed by atoms with Crippen molar-refractivity contribution >= 4 is 5.78 Å². The molecule has 1 aliphatic rings. The molecule has 0 radical (unpaired) electrons. The fourth-order valence-corrected chi connectivity index (χ4v) is 2.36. The zero-order chi connectivity index (χ0) is 13.1. The van der Waals surface area contributed by atoms with Crippen LogP contribution in [0.15, 0.2) is 18.2 Å². The zero-order valence-corrected chi connectivity index (χ0v) is 11.4. The number of ether oxygens (including phenoxy) is 1. The minimum Gasteiger partial charge on any atom is -0.379 e. The van der Waals surface area contributed by atoms with Gasteiger partial charge in [0.25, 0.3) is 0 Å². The molecule has 18 heavy (non-hydrogen) atoms. The molecule has 0 N–H and O–H groups in total. The number of hydrogen-bond donors (Lipinski definition) is 0. The van der Waals surface area contributed by atoms with Crippen LogP contribution in [0.3, 0.4) is 0 Å². The summed E-state index contributed by atoms with van der Waals surface area (Å²) in [5.74, 6) is 0.220. The Bertz CT molecular complexity index is 436. The minimum absolute atomic E-state index is 0.0607. The van der Waals surface area contributed by atoms with Gasteiger partial charge >= 0.3 is 0 Å². The molecule has 1 atom stereocenters. The van der Waals surface area contributed by atoms with E-state index in [9.17, 15) is 4.79 Å². The molecule has 0 amide bonds. The molecule has 98 valence electrons. The maximum absolute atomic E-state index is 12.5. The van der Waals surface area contributed by atoms with Gasteiger partial charge in [-0.3, -0.25) is 9.69 Å². The molecule has 1 saturated heterocycles. The zero-order valence-electron chi connectivity index (χ0n) is 11.4. The topological polar surface area (TPSA) is 29.5 Å². The molecule has 0 saturated carbocycles. The average Bonchev–Trinajstić information content (AvgIpc) is 2.41. The lowest BCUT2D eigenvalue weighted by Gasteiger charge is -2.31. The molecule has 0 aliphatic carbocycles. The number of benzene rings is 1. The Hall–Kier alpha value is -1.19. The highest BCUT2D eigenvalue weighted by atomic mass is 16.5. The Morgan fingerprint density at radius 3 is 2.61 bits per heavy atom. The predicted octanol–water partition coefficient (Wildman–Crippen LogP) is 2.21. The molecular formula is C15H21NO2. The summed E-state index contributed by atoms with van der Waals surface area (Å²) in [6.45, 7) is 9.16. The third-order valence-corrected chi connectivity index (χ3v) is 3.63. The number of aryl methyl sites for hydroxylation is 2. The normalized spacial score (nSPS) is 18.6. The summed E-state index contributed by atoms with van der Waals surface area (Å²) in [5, 5.41) is 0. The van der Waals surface area contributed by atoms with Crippen LogP contribution in [0.5, 0.6) is 0 Å². The van der Waals surface area contributed by atoms with Gasteiger partial charge in [0.1, 0.15) is 0 Å². The van der Waals surface area contributed by atoms with Crippen LogP contribution in [0.4, 0.5) is 0 Å². The van der Waals surface area contributed by atoms with Crippen LogP contribution in [0, 0.1) is 13.8 Å². The number of carbonyl (C=O) groups excluding carboxylic acids is 1. The van der Waals surface area contributed by atoms with E-state index in [-0.39, 0.29) is 11.8 Å². The number of morpholine rings is 1. The van der Waals surface area contributed by atoms with Crippen molar-refractivity contribution in [3.05, 3.63) is 34.9 Å². The van der Waals surface area contributed by atoms with Crippen molar-refractivity contribution in [3.63, 3.8) is 0 Å². The number of Topliss-reactive ketones (excluding diaryl/α,β-unsaturated/α-hetero) is 1. The SMILES string of the molecule is Cc1ccc(C)c(C(=O)C(C)N2CCOCC2)c1. The summed E-state index contributed by atoms with van der Waals surface area (Å²) in [5.41, 5.74) is 3.05. The lowest BCUT2D eigenvalue weighted by molar-refractivity contribution is 0.0208. The molecule has 1 aliphatic heterocycles. The second kappa shape index (κ2) is 5.63. The molecule has 0 bridgehead atoms. The van der Waals surface area contributed by atoms with Crippen molar-refractivity contribution in [1.29, 1.82) is 0 Å². The number of carbonyl (C=O) groups is 1. The maximum atomic E-state index is 12.5. The minimum atomic E-state index is -0.0607. The average molecular weight is 247 g/mol. The first-order valence-electron chi connectivity index (χ1n) is 6.53. The van der Waals surface area contributed by atoms with Gasteiger partial charge in [0.2, 0.25) is 0 Å². The highest BCUT2D eigenvalue weighted by molar-refractivity contribution is 6.01. The Morgan fingerprint density at radius 1 is 1.28 bits per heavy atom. The summed E-state index contributed by atoms with van der Waals surface area (Å²) in [6.07, 6.45) is 0. The van der Waals surface area contributed by atoms with Gasteiger partial charge in [0.05, 0.1) is 19.3 Å². The molecule has 1 aromatic carbocycles. The third-order valence-electron chi connectivity index (χ3n) is 3.63. The van der Waals surface area contributed by atoms with E-state index < -0.39 is 0 Å². The second-order valence-electron chi connectivity index (χ2n) is 5.01. The van der Waals surface area contributed by atoms with E-state index in [0.29, 0.717) is 0 Å². The summed E-state index contributed by atoms with van der Waals surface area (Å²) >= 11 is 0. The first-order valence-corrected chi connectivity index (χ1v) is 6.53. The highest BCUT2D eigenvalue weighted by Crippen LogP contribution is 2.16. The van der Waals surface area contributed by atoms with Gasteiger partial charge in [-0.1, -0.05) is 17.7 Å². The van der Waals surface area contributed by atoms with Crippen molar-refractivity contribution < 1.29 is 9.53 Å². The van der Waals surface area contributed by atoms with E-state index in [1.165, 1.54) is 0 Å². The molecular weight excluding hydrogens is 226 g/mol. The van der Waals surface area contributed by atoms with Crippen LogP contribution < -0.4 is 0 Å². The van der Waals surface area contributed by atoms with Crippen LogP contribution in [0.25, 0.3) is 0 Å².